The fraction of sp³-hybridized carbons (Fsp3) is 0.235. The minimum atomic E-state index is -3.84. The Kier molecular flexibility index (Phi) is 5.52. The SMILES string of the molecule is CCOC(=O)C(NS(=O)(=O)c1ccc(C)cc1)c1ccccc1. The average Bonchev–Trinajstić information content (AvgIpc) is 2.54. The summed E-state index contributed by atoms with van der Waals surface area (Å²) in [4.78, 5) is 12.3. The van der Waals surface area contributed by atoms with Gasteiger partial charge in [0.05, 0.1) is 11.5 Å². The molecule has 2 rings (SSSR count). The summed E-state index contributed by atoms with van der Waals surface area (Å²) >= 11 is 0. The number of esters is 1. The number of rotatable bonds is 6. The molecular formula is C17H19NO4S. The van der Waals surface area contributed by atoms with E-state index in [1.807, 2.05) is 6.92 Å². The minimum Gasteiger partial charge on any atom is -0.465 e. The van der Waals surface area contributed by atoms with Crippen LogP contribution in [0.1, 0.15) is 24.1 Å². The molecule has 0 amide bonds. The molecule has 1 atom stereocenters. The molecule has 0 aliphatic carbocycles. The number of benzene rings is 2. The standard InChI is InChI=1S/C17H19NO4S/c1-3-22-17(19)16(14-7-5-4-6-8-14)18-23(20,21)15-11-9-13(2)10-12-15/h4-12,16,18H,3H2,1-2H3. The van der Waals surface area contributed by atoms with E-state index in [0.717, 1.165) is 5.56 Å². The lowest BCUT2D eigenvalue weighted by Crippen LogP contribution is -2.35. The Hall–Kier alpha value is -2.18. The van der Waals surface area contributed by atoms with E-state index in [1.54, 1.807) is 49.4 Å². The van der Waals surface area contributed by atoms with Crippen LogP contribution in [0, 0.1) is 6.92 Å². The van der Waals surface area contributed by atoms with E-state index < -0.39 is 22.0 Å². The zero-order chi connectivity index (χ0) is 16.9. The van der Waals surface area contributed by atoms with Crippen LogP contribution in [0.3, 0.4) is 0 Å². The molecule has 0 aromatic heterocycles. The summed E-state index contributed by atoms with van der Waals surface area (Å²) in [5.74, 6) is -0.630. The Labute approximate surface area is 136 Å². The van der Waals surface area contributed by atoms with E-state index in [0.29, 0.717) is 5.56 Å². The molecule has 0 bridgehead atoms. The highest BCUT2D eigenvalue weighted by molar-refractivity contribution is 7.89. The third kappa shape index (κ3) is 4.40. The largest absolute Gasteiger partial charge is 0.465 e. The first kappa shape index (κ1) is 17.2. The van der Waals surface area contributed by atoms with Crippen molar-refractivity contribution in [3.8, 4) is 0 Å². The second-order valence-corrected chi connectivity index (χ2v) is 6.74. The predicted molar refractivity (Wildman–Crippen MR) is 87.3 cm³/mol. The molecule has 0 aliphatic heterocycles. The van der Waals surface area contributed by atoms with Gasteiger partial charge in [0.15, 0.2) is 0 Å². The molecule has 0 saturated heterocycles. The van der Waals surface area contributed by atoms with Gasteiger partial charge in [0.1, 0.15) is 6.04 Å². The summed E-state index contributed by atoms with van der Waals surface area (Å²) in [5, 5.41) is 0. The smallest absolute Gasteiger partial charge is 0.328 e. The average molecular weight is 333 g/mol. The van der Waals surface area contributed by atoms with Crippen LogP contribution < -0.4 is 4.72 Å². The van der Waals surface area contributed by atoms with Gasteiger partial charge < -0.3 is 4.74 Å². The van der Waals surface area contributed by atoms with Gasteiger partial charge in [-0.3, -0.25) is 0 Å². The molecule has 23 heavy (non-hydrogen) atoms. The number of carbonyl (C=O) groups excluding carboxylic acids is 1. The summed E-state index contributed by atoms with van der Waals surface area (Å²) in [7, 11) is -3.84. The Morgan fingerprint density at radius 2 is 1.70 bits per heavy atom. The zero-order valence-corrected chi connectivity index (χ0v) is 13.8. The van der Waals surface area contributed by atoms with Crippen LogP contribution in [0.25, 0.3) is 0 Å². The first-order valence-electron chi connectivity index (χ1n) is 7.24. The molecule has 0 aliphatic rings. The van der Waals surface area contributed by atoms with Crippen molar-refractivity contribution in [3.63, 3.8) is 0 Å². The molecular weight excluding hydrogens is 314 g/mol. The fourth-order valence-corrected chi connectivity index (χ4v) is 3.24. The summed E-state index contributed by atoms with van der Waals surface area (Å²) in [6, 6.07) is 14.0. The number of aryl methyl sites for hydroxylation is 1. The molecule has 1 N–H and O–H groups in total. The monoisotopic (exact) mass is 333 g/mol. The highest BCUT2D eigenvalue weighted by atomic mass is 32.2. The molecule has 0 heterocycles. The third-order valence-corrected chi connectivity index (χ3v) is 4.70. The Morgan fingerprint density at radius 1 is 1.09 bits per heavy atom. The van der Waals surface area contributed by atoms with Crippen LogP contribution in [-0.4, -0.2) is 21.0 Å². The first-order valence-corrected chi connectivity index (χ1v) is 8.73. The molecule has 1 unspecified atom stereocenters. The van der Waals surface area contributed by atoms with E-state index in [4.69, 9.17) is 4.74 Å². The van der Waals surface area contributed by atoms with Crippen LogP contribution in [0.4, 0.5) is 0 Å². The molecule has 122 valence electrons. The second-order valence-electron chi connectivity index (χ2n) is 5.03. The van der Waals surface area contributed by atoms with Gasteiger partial charge in [-0.2, -0.15) is 4.72 Å². The van der Waals surface area contributed by atoms with Crippen molar-refractivity contribution in [2.24, 2.45) is 0 Å². The summed E-state index contributed by atoms with van der Waals surface area (Å²) in [6.07, 6.45) is 0. The molecule has 5 nitrogen and oxygen atoms in total. The zero-order valence-electron chi connectivity index (χ0n) is 13.0. The van der Waals surface area contributed by atoms with E-state index in [2.05, 4.69) is 4.72 Å². The molecule has 0 fully saturated rings. The van der Waals surface area contributed by atoms with Gasteiger partial charge in [0.2, 0.25) is 10.0 Å². The fourth-order valence-electron chi connectivity index (χ4n) is 2.06. The van der Waals surface area contributed by atoms with Crippen molar-refractivity contribution in [3.05, 3.63) is 65.7 Å². The van der Waals surface area contributed by atoms with Gasteiger partial charge in [0.25, 0.3) is 0 Å². The molecule has 0 spiro atoms. The van der Waals surface area contributed by atoms with Crippen molar-refractivity contribution in [1.29, 1.82) is 0 Å². The molecule has 0 saturated carbocycles. The lowest BCUT2D eigenvalue weighted by molar-refractivity contribution is -0.145. The number of nitrogens with one attached hydrogen (secondary N) is 1. The Morgan fingerprint density at radius 3 is 2.26 bits per heavy atom. The maximum Gasteiger partial charge on any atom is 0.328 e. The van der Waals surface area contributed by atoms with Crippen LogP contribution >= 0.6 is 0 Å². The molecule has 0 radical (unpaired) electrons. The topological polar surface area (TPSA) is 72.5 Å². The Balaban J connectivity index is 2.33. The van der Waals surface area contributed by atoms with Gasteiger partial charge in [-0.25, -0.2) is 13.2 Å². The summed E-state index contributed by atoms with van der Waals surface area (Å²) in [6.45, 7) is 3.72. The van der Waals surface area contributed by atoms with Crippen LogP contribution in [0.15, 0.2) is 59.5 Å². The molecule has 2 aromatic carbocycles. The van der Waals surface area contributed by atoms with Gasteiger partial charge in [-0.05, 0) is 31.5 Å². The van der Waals surface area contributed by atoms with Gasteiger partial charge in [-0.15, -0.1) is 0 Å². The van der Waals surface area contributed by atoms with Crippen molar-refractivity contribution in [1.82, 2.24) is 4.72 Å². The van der Waals surface area contributed by atoms with Gasteiger partial charge >= 0.3 is 5.97 Å². The number of hydrogen-bond donors (Lipinski definition) is 1. The van der Waals surface area contributed by atoms with E-state index in [9.17, 15) is 13.2 Å². The van der Waals surface area contributed by atoms with Crippen LogP contribution in [0.2, 0.25) is 0 Å². The number of hydrogen-bond acceptors (Lipinski definition) is 4. The van der Waals surface area contributed by atoms with Gasteiger partial charge in [-0.1, -0.05) is 48.0 Å². The maximum atomic E-state index is 12.5. The lowest BCUT2D eigenvalue weighted by Gasteiger charge is -2.18. The lowest BCUT2D eigenvalue weighted by atomic mass is 10.1. The van der Waals surface area contributed by atoms with Crippen LogP contribution in [-0.2, 0) is 19.6 Å². The quantitative estimate of drug-likeness (QED) is 0.825. The second kappa shape index (κ2) is 7.39. The summed E-state index contributed by atoms with van der Waals surface area (Å²) < 4.78 is 32.5. The van der Waals surface area contributed by atoms with E-state index >= 15 is 0 Å². The number of sulfonamides is 1. The number of carbonyl (C=O) groups is 1. The molecule has 6 heteroatoms. The van der Waals surface area contributed by atoms with Crippen molar-refractivity contribution < 1.29 is 17.9 Å². The van der Waals surface area contributed by atoms with Crippen molar-refractivity contribution >= 4 is 16.0 Å². The van der Waals surface area contributed by atoms with Gasteiger partial charge in [0, 0.05) is 0 Å². The van der Waals surface area contributed by atoms with E-state index in [-0.39, 0.29) is 11.5 Å². The first-order chi connectivity index (χ1) is 10.9. The van der Waals surface area contributed by atoms with Crippen molar-refractivity contribution in [2.75, 3.05) is 6.61 Å². The van der Waals surface area contributed by atoms with Crippen molar-refractivity contribution in [2.45, 2.75) is 24.8 Å². The van der Waals surface area contributed by atoms with Crippen LogP contribution in [0.5, 0.6) is 0 Å². The highest BCUT2D eigenvalue weighted by Crippen LogP contribution is 2.19. The third-order valence-electron chi connectivity index (χ3n) is 3.26. The minimum absolute atomic E-state index is 0.105. The van der Waals surface area contributed by atoms with E-state index in [1.165, 1.54) is 12.1 Å². The number of ether oxygens (including phenoxy) is 1. The summed E-state index contributed by atoms with van der Waals surface area (Å²) in [5.41, 5.74) is 1.48. The normalized spacial score (nSPS) is 12.6. The maximum absolute atomic E-state index is 12.5. The highest BCUT2D eigenvalue weighted by Gasteiger charge is 2.28. The predicted octanol–water partition coefficient (Wildman–Crippen LogP) is 2.58. The Bertz CT molecular complexity index is 755. The molecule has 2 aromatic rings.